The average molecular weight is 259 g/mol. The molecule has 2 rings (SSSR count). The first-order valence-corrected chi connectivity index (χ1v) is 6.18. The van der Waals surface area contributed by atoms with Crippen LogP contribution in [0.15, 0.2) is 30.7 Å². The van der Waals surface area contributed by atoms with Crippen LogP contribution in [-0.4, -0.2) is 27.9 Å². The third-order valence-electron chi connectivity index (χ3n) is 2.84. The number of aromatic amines is 1. The number of hydrogen-bond donors (Lipinski definition) is 3. The molecule has 100 valence electrons. The summed E-state index contributed by atoms with van der Waals surface area (Å²) < 4.78 is 0. The maximum absolute atomic E-state index is 12.2. The highest BCUT2D eigenvalue weighted by Gasteiger charge is 2.16. The van der Waals surface area contributed by atoms with Crippen molar-refractivity contribution in [1.82, 2.24) is 20.3 Å². The highest BCUT2D eigenvalue weighted by molar-refractivity contribution is 5.95. The first kappa shape index (κ1) is 13.1. The number of H-pyrrole nitrogens is 1. The van der Waals surface area contributed by atoms with E-state index in [0.717, 1.165) is 12.2 Å². The SMILES string of the molecule is CCC(NC(=O)c1ccnc(NC)c1)c1ncc[nH]1. The molecule has 1 atom stereocenters. The van der Waals surface area contributed by atoms with Crippen LogP contribution in [0.3, 0.4) is 0 Å². The lowest BCUT2D eigenvalue weighted by Crippen LogP contribution is -2.29. The van der Waals surface area contributed by atoms with E-state index in [2.05, 4.69) is 25.6 Å². The predicted octanol–water partition coefficient (Wildman–Crippen LogP) is 1.73. The van der Waals surface area contributed by atoms with Crippen molar-refractivity contribution >= 4 is 11.7 Å². The van der Waals surface area contributed by atoms with Gasteiger partial charge in [-0.1, -0.05) is 6.92 Å². The molecule has 19 heavy (non-hydrogen) atoms. The number of imidazole rings is 1. The number of hydrogen-bond acceptors (Lipinski definition) is 4. The summed E-state index contributed by atoms with van der Waals surface area (Å²) in [5.41, 5.74) is 0.573. The van der Waals surface area contributed by atoms with Gasteiger partial charge in [0.1, 0.15) is 11.6 Å². The van der Waals surface area contributed by atoms with Gasteiger partial charge in [0.25, 0.3) is 5.91 Å². The maximum Gasteiger partial charge on any atom is 0.252 e. The minimum absolute atomic E-state index is 0.117. The Kier molecular flexibility index (Phi) is 4.12. The molecule has 0 aliphatic rings. The highest BCUT2D eigenvalue weighted by Crippen LogP contribution is 2.13. The Morgan fingerprint density at radius 3 is 2.89 bits per heavy atom. The van der Waals surface area contributed by atoms with Gasteiger partial charge in [0.2, 0.25) is 0 Å². The van der Waals surface area contributed by atoms with Crippen LogP contribution in [0.5, 0.6) is 0 Å². The normalized spacial score (nSPS) is 11.9. The number of carbonyl (C=O) groups excluding carboxylic acids is 1. The Balaban J connectivity index is 2.11. The lowest BCUT2D eigenvalue weighted by molar-refractivity contribution is 0.0934. The number of aromatic nitrogens is 3. The molecule has 2 aromatic heterocycles. The van der Waals surface area contributed by atoms with Crippen LogP contribution in [0.2, 0.25) is 0 Å². The molecule has 3 N–H and O–H groups in total. The van der Waals surface area contributed by atoms with Crippen molar-refractivity contribution in [3.8, 4) is 0 Å². The van der Waals surface area contributed by atoms with Gasteiger partial charge in [-0.15, -0.1) is 0 Å². The van der Waals surface area contributed by atoms with Crippen molar-refractivity contribution in [3.05, 3.63) is 42.1 Å². The molecule has 0 bridgehead atoms. The third-order valence-corrected chi connectivity index (χ3v) is 2.84. The summed E-state index contributed by atoms with van der Waals surface area (Å²) in [5.74, 6) is 1.29. The van der Waals surface area contributed by atoms with E-state index in [1.165, 1.54) is 0 Å². The standard InChI is InChI=1S/C13H17N5O/c1-3-10(12-16-6-7-17-12)18-13(19)9-4-5-15-11(8-9)14-2/h4-8,10H,3H2,1-2H3,(H,14,15)(H,16,17)(H,18,19). The number of nitrogens with zero attached hydrogens (tertiary/aromatic N) is 2. The van der Waals surface area contributed by atoms with Crippen LogP contribution in [0, 0.1) is 0 Å². The van der Waals surface area contributed by atoms with Crippen LogP contribution in [0.25, 0.3) is 0 Å². The van der Waals surface area contributed by atoms with Gasteiger partial charge in [-0.05, 0) is 18.6 Å². The highest BCUT2D eigenvalue weighted by atomic mass is 16.1. The Bertz CT molecular complexity index is 538. The van der Waals surface area contributed by atoms with Gasteiger partial charge in [-0.25, -0.2) is 9.97 Å². The number of nitrogens with one attached hydrogen (secondary N) is 3. The van der Waals surface area contributed by atoms with Crippen LogP contribution in [-0.2, 0) is 0 Å². The van der Waals surface area contributed by atoms with Crippen LogP contribution < -0.4 is 10.6 Å². The zero-order valence-electron chi connectivity index (χ0n) is 11.0. The molecule has 0 aliphatic heterocycles. The predicted molar refractivity (Wildman–Crippen MR) is 72.9 cm³/mol. The molecule has 2 aromatic rings. The number of pyridine rings is 1. The van der Waals surface area contributed by atoms with Crippen LogP contribution in [0.4, 0.5) is 5.82 Å². The molecule has 0 fully saturated rings. The van der Waals surface area contributed by atoms with Crippen molar-refractivity contribution in [1.29, 1.82) is 0 Å². The van der Waals surface area contributed by atoms with Crippen molar-refractivity contribution in [3.63, 3.8) is 0 Å². The van der Waals surface area contributed by atoms with Crippen LogP contribution >= 0.6 is 0 Å². The molecule has 1 amide bonds. The minimum Gasteiger partial charge on any atom is -0.373 e. The number of rotatable bonds is 5. The summed E-state index contributed by atoms with van der Waals surface area (Å²) in [6.07, 6.45) is 5.79. The van der Waals surface area contributed by atoms with E-state index in [-0.39, 0.29) is 11.9 Å². The zero-order valence-corrected chi connectivity index (χ0v) is 11.0. The summed E-state index contributed by atoms with van der Waals surface area (Å²) in [5, 5.41) is 5.86. The Morgan fingerprint density at radius 2 is 2.26 bits per heavy atom. The minimum atomic E-state index is -0.137. The first-order valence-electron chi connectivity index (χ1n) is 6.18. The summed E-state index contributed by atoms with van der Waals surface area (Å²) in [6, 6.07) is 3.28. The average Bonchev–Trinajstić information content (AvgIpc) is 2.98. The summed E-state index contributed by atoms with van der Waals surface area (Å²) in [7, 11) is 1.77. The molecule has 0 saturated carbocycles. The fraction of sp³-hybridized carbons (Fsp3) is 0.308. The quantitative estimate of drug-likeness (QED) is 0.763. The second-order valence-electron chi connectivity index (χ2n) is 4.09. The second kappa shape index (κ2) is 5.99. The van der Waals surface area contributed by atoms with Gasteiger partial charge in [0, 0.05) is 31.2 Å². The molecular weight excluding hydrogens is 242 g/mol. The zero-order chi connectivity index (χ0) is 13.7. The first-order chi connectivity index (χ1) is 9.24. The molecule has 0 saturated heterocycles. The van der Waals surface area contributed by atoms with Crippen molar-refractivity contribution in [2.45, 2.75) is 19.4 Å². The van der Waals surface area contributed by atoms with Gasteiger partial charge < -0.3 is 15.6 Å². The van der Waals surface area contributed by atoms with E-state index >= 15 is 0 Å². The molecule has 0 radical (unpaired) electrons. The Morgan fingerprint density at radius 1 is 1.42 bits per heavy atom. The molecule has 1 unspecified atom stereocenters. The van der Waals surface area contributed by atoms with Crippen molar-refractivity contribution in [2.24, 2.45) is 0 Å². The summed E-state index contributed by atoms with van der Waals surface area (Å²) >= 11 is 0. The molecule has 2 heterocycles. The third kappa shape index (κ3) is 3.09. The van der Waals surface area contributed by atoms with E-state index in [9.17, 15) is 4.79 Å². The van der Waals surface area contributed by atoms with Crippen LogP contribution in [0.1, 0.15) is 35.6 Å². The van der Waals surface area contributed by atoms with E-state index in [0.29, 0.717) is 11.4 Å². The monoisotopic (exact) mass is 259 g/mol. The molecular formula is C13H17N5O. The molecule has 6 heteroatoms. The number of carbonyl (C=O) groups is 1. The fourth-order valence-electron chi connectivity index (χ4n) is 1.78. The number of anilines is 1. The largest absolute Gasteiger partial charge is 0.373 e. The van der Waals surface area contributed by atoms with E-state index in [1.807, 2.05) is 6.92 Å². The molecule has 0 aromatic carbocycles. The van der Waals surface area contributed by atoms with Gasteiger partial charge in [-0.2, -0.15) is 0 Å². The summed E-state index contributed by atoms with van der Waals surface area (Å²) in [6.45, 7) is 2.00. The van der Waals surface area contributed by atoms with E-state index < -0.39 is 0 Å². The molecule has 0 aliphatic carbocycles. The van der Waals surface area contributed by atoms with E-state index in [4.69, 9.17) is 0 Å². The molecule has 0 spiro atoms. The van der Waals surface area contributed by atoms with Gasteiger partial charge >= 0.3 is 0 Å². The second-order valence-corrected chi connectivity index (χ2v) is 4.09. The summed E-state index contributed by atoms with van der Waals surface area (Å²) in [4.78, 5) is 23.4. The topological polar surface area (TPSA) is 82.7 Å². The Hall–Kier alpha value is -2.37. The van der Waals surface area contributed by atoms with Gasteiger partial charge in [0.15, 0.2) is 0 Å². The maximum atomic E-state index is 12.2. The van der Waals surface area contributed by atoms with Crippen molar-refractivity contribution in [2.75, 3.05) is 12.4 Å². The smallest absolute Gasteiger partial charge is 0.252 e. The lowest BCUT2D eigenvalue weighted by Gasteiger charge is -2.14. The van der Waals surface area contributed by atoms with Gasteiger partial charge in [-0.3, -0.25) is 4.79 Å². The fourth-order valence-corrected chi connectivity index (χ4v) is 1.78. The van der Waals surface area contributed by atoms with E-state index in [1.54, 1.807) is 37.8 Å². The Labute approximate surface area is 111 Å². The molecule has 6 nitrogen and oxygen atoms in total. The number of amides is 1. The van der Waals surface area contributed by atoms with Crippen molar-refractivity contribution < 1.29 is 4.79 Å². The lowest BCUT2D eigenvalue weighted by atomic mass is 10.2. The van der Waals surface area contributed by atoms with Gasteiger partial charge in [0.05, 0.1) is 6.04 Å².